The second kappa shape index (κ2) is 5.54. The first-order valence-corrected chi connectivity index (χ1v) is 8.37. The van der Waals surface area contributed by atoms with Crippen LogP contribution in [0.5, 0.6) is 0 Å². The van der Waals surface area contributed by atoms with Crippen LogP contribution < -0.4 is 4.90 Å². The highest BCUT2D eigenvalue weighted by atomic mass is 35.5. The van der Waals surface area contributed by atoms with Crippen molar-refractivity contribution in [3.8, 4) is 11.3 Å². The zero-order valence-electron chi connectivity index (χ0n) is 13.4. The molecule has 3 aromatic rings. The van der Waals surface area contributed by atoms with Crippen molar-refractivity contribution in [3.05, 3.63) is 59.1 Å². The fourth-order valence-corrected chi connectivity index (χ4v) is 3.25. The van der Waals surface area contributed by atoms with Crippen LogP contribution in [0.3, 0.4) is 0 Å². The molecule has 0 aliphatic heterocycles. The van der Waals surface area contributed by atoms with E-state index in [4.69, 9.17) is 16.6 Å². The summed E-state index contributed by atoms with van der Waals surface area (Å²) in [6, 6.07) is 16.7. The molecule has 0 spiro atoms. The van der Waals surface area contributed by atoms with Crippen LogP contribution in [0.2, 0.25) is 5.02 Å². The van der Waals surface area contributed by atoms with Crippen LogP contribution in [-0.4, -0.2) is 19.1 Å². The van der Waals surface area contributed by atoms with E-state index in [0.717, 1.165) is 27.7 Å². The molecule has 1 aliphatic carbocycles. The SMILES string of the molecule is CN(C)c1cc(-c2cccc(Cl)c2)nc2ccc(C3CC3)cc12. The van der Waals surface area contributed by atoms with Gasteiger partial charge in [0.1, 0.15) is 0 Å². The third-order valence-electron chi connectivity index (χ3n) is 4.46. The number of anilines is 1. The Morgan fingerprint density at radius 1 is 1.04 bits per heavy atom. The number of aromatic nitrogens is 1. The molecule has 0 amide bonds. The van der Waals surface area contributed by atoms with Gasteiger partial charge in [0.05, 0.1) is 11.2 Å². The summed E-state index contributed by atoms with van der Waals surface area (Å²) in [4.78, 5) is 7.03. The fourth-order valence-electron chi connectivity index (χ4n) is 3.06. The van der Waals surface area contributed by atoms with Crippen LogP contribution in [-0.2, 0) is 0 Å². The molecule has 3 heteroatoms. The van der Waals surface area contributed by atoms with Crippen molar-refractivity contribution in [3.63, 3.8) is 0 Å². The molecular formula is C20H19ClN2. The lowest BCUT2D eigenvalue weighted by molar-refractivity contribution is 1.12. The van der Waals surface area contributed by atoms with Crippen LogP contribution in [0.1, 0.15) is 24.3 Å². The van der Waals surface area contributed by atoms with E-state index in [1.165, 1.54) is 29.5 Å². The number of benzene rings is 2. The lowest BCUT2D eigenvalue weighted by Crippen LogP contribution is -2.10. The molecule has 0 N–H and O–H groups in total. The summed E-state index contributed by atoms with van der Waals surface area (Å²) in [6.45, 7) is 0. The Kier molecular flexibility index (Phi) is 3.50. The summed E-state index contributed by atoms with van der Waals surface area (Å²) in [6.07, 6.45) is 2.63. The number of rotatable bonds is 3. The molecule has 2 aromatic carbocycles. The van der Waals surface area contributed by atoms with Gasteiger partial charge in [0.25, 0.3) is 0 Å². The molecule has 1 fully saturated rings. The minimum absolute atomic E-state index is 0.736. The molecule has 1 aliphatic rings. The lowest BCUT2D eigenvalue weighted by Gasteiger charge is -2.18. The molecule has 0 radical (unpaired) electrons. The summed E-state index contributed by atoms with van der Waals surface area (Å²) in [7, 11) is 4.17. The minimum Gasteiger partial charge on any atom is -0.377 e. The monoisotopic (exact) mass is 322 g/mol. The first-order chi connectivity index (χ1) is 11.1. The summed E-state index contributed by atoms with van der Waals surface area (Å²) >= 11 is 6.14. The fraction of sp³-hybridized carbons (Fsp3) is 0.250. The van der Waals surface area contributed by atoms with Crippen LogP contribution >= 0.6 is 11.6 Å². The van der Waals surface area contributed by atoms with E-state index in [1.807, 2.05) is 18.2 Å². The van der Waals surface area contributed by atoms with E-state index in [1.54, 1.807) is 0 Å². The van der Waals surface area contributed by atoms with Gasteiger partial charge in [-0.05, 0) is 54.7 Å². The summed E-state index contributed by atoms with van der Waals surface area (Å²) in [5, 5.41) is 1.96. The first kappa shape index (κ1) is 14.5. The minimum atomic E-state index is 0.736. The van der Waals surface area contributed by atoms with Gasteiger partial charge in [-0.25, -0.2) is 4.98 Å². The third-order valence-corrected chi connectivity index (χ3v) is 4.70. The van der Waals surface area contributed by atoms with Crippen molar-refractivity contribution >= 4 is 28.2 Å². The molecule has 0 bridgehead atoms. The predicted molar refractivity (Wildman–Crippen MR) is 98.5 cm³/mol. The number of halogens is 1. The molecular weight excluding hydrogens is 304 g/mol. The Bertz CT molecular complexity index is 882. The van der Waals surface area contributed by atoms with E-state index in [2.05, 4.69) is 49.3 Å². The second-order valence-electron chi connectivity index (χ2n) is 6.48. The van der Waals surface area contributed by atoms with E-state index < -0.39 is 0 Å². The second-order valence-corrected chi connectivity index (χ2v) is 6.92. The highest BCUT2D eigenvalue weighted by molar-refractivity contribution is 6.30. The highest BCUT2D eigenvalue weighted by Gasteiger charge is 2.24. The van der Waals surface area contributed by atoms with Gasteiger partial charge in [-0.1, -0.05) is 29.8 Å². The van der Waals surface area contributed by atoms with Gasteiger partial charge < -0.3 is 4.90 Å². The van der Waals surface area contributed by atoms with Gasteiger partial charge in [0, 0.05) is 35.8 Å². The highest BCUT2D eigenvalue weighted by Crippen LogP contribution is 2.42. The van der Waals surface area contributed by atoms with Crippen LogP contribution in [0.4, 0.5) is 5.69 Å². The number of hydrogen-bond donors (Lipinski definition) is 0. The molecule has 0 atom stereocenters. The van der Waals surface area contributed by atoms with Crippen LogP contribution in [0.15, 0.2) is 48.5 Å². The molecule has 0 unspecified atom stereocenters. The van der Waals surface area contributed by atoms with Crippen molar-refractivity contribution in [2.75, 3.05) is 19.0 Å². The van der Waals surface area contributed by atoms with E-state index in [9.17, 15) is 0 Å². The zero-order valence-corrected chi connectivity index (χ0v) is 14.1. The molecule has 1 saturated carbocycles. The quantitative estimate of drug-likeness (QED) is 0.633. The number of fused-ring (bicyclic) bond motifs is 1. The van der Waals surface area contributed by atoms with Gasteiger partial charge >= 0.3 is 0 Å². The lowest BCUT2D eigenvalue weighted by atomic mass is 10.0. The molecule has 1 heterocycles. The van der Waals surface area contributed by atoms with E-state index >= 15 is 0 Å². The number of nitrogens with zero attached hydrogens (tertiary/aromatic N) is 2. The molecule has 1 aromatic heterocycles. The summed E-state index contributed by atoms with van der Waals surface area (Å²) in [5.74, 6) is 0.752. The van der Waals surface area contributed by atoms with Gasteiger partial charge in [0.2, 0.25) is 0 Å². The maximum atomic E-state index is 6.14. The van der Waals surface area contributed by atoms with Crippen molar-refractivity contribution < 1.29 is 0 Å². The zero-order chi connectivity index (χ0) is 16.0. The van der Waals surface area contributed by atoms with Crippen molar-refractivity contribution in [1.82, 2.24) is 4.98 Å². The Labute approximate surface area is 141 Å². The molecule has 4 rings (SSSR count). The summed E-state index contributed by atoms with van der Waals surface area (Å²) in [5.41, 5.74) is 5.69. The molecule has 116 valence electrons. The molecule has 23 heavy (non-hydrogen) atoms. The largest absolute Gasteiger partial charge is 0.377 e. The van der Waals surface area contributed by atoms with Gasteiger partial charge in [-0.3, -0.25) is 0 Å². The topological polar surface area (TPSA) is 16.1 Å². The number of hydrogen-bond acceptors (Lipinski definition) is 2. The maximum absolute atomic E-state index is 6.14. The average molecular weight is 323 g/mol. The Hall–Kier alpha value is -2.06. The smallest absolute Gasteiger partial charge is 0.0730 e. The Morgan fingerprint density at radius 2 is 1.87 bits per heavy atom. The van der Waals surface area contributed by atoms with E-state index in [-0.39, 0.29) is 0 Å². The Balaban J connectivity index is 1.92. The van der Waals surface area contributed by atoms with Gasteiger partial charge in [-0.15, -0.1) is 0 Å². The van der Waals surface area contributed by atoms with Gasteiger partial charge in [0.15, 0.2) is 0 Å². The van der Waals surface area contributed by atoms with Crippen LogP contribution in [0.25, 0.3) is 22.2 Å². The average Bonchev–Trinajstić information content (AvgIpc) is 3.38. The maximum Gasteiger partial charge on any atom is 0.0730 e. The van der Waals surface area contributed by atoms with Crippen molar-refractivity contribution in [1.29, 1.82) is 0 Å². The molecule has 2 nitrogen and oxygen atoms in total. The summed E-state index contributed by atoms with van der Waals surface area (Å²) < 4.78 is 0. The Morgan fingerprint density at radius 3 is 2.57 bits per heavy atom. The van der Waals surface area contributed by atoms with Crippen molar-refractivity contribution in [2.24, 2.45) is 0 Å². The normalized spacial score (nSPS) is 14.2. The standard InChI is InChI=1S/C20H19ClN2/c1-23(2)20-12-19(15-4-3-5-16(21)10-15)22-18-9-8-14(11-17(18)20)13-6-7-13/h3-5,8-13H,6-7H2,1-2H3. The first-order valence-electron chi connectivity index (χ1n) is 8.00. The van der Waals surface area contributed by atoms with E-state index in [0.29, 0.717) is 0 Å². The third kappa shape index (κ3) is 2.79. The van der Waals surface area contributed by atoms with Gasteiger partial charge in [-0.2, -0.15) is 0 Å². The van der Waals surface area contributed by atoms with Crippen molar-refractivity contribution in [2.45, 2.75) is 18.8 Å². The number of pyridine rings is 1. The van der Waals surface area contributed by atoms with Crippen LogP contribution in [0, 0.1) is 0 Å². The predicted octanol–water partition coefficient (Wildman–Crippen LogP) is 5.50. The molecule has 0 saturated heterocycles.